The predicted molar refractivity (Wildman–Crippen MR) is 84.0 cm³/mol. The SMILES string of the molecule is Cc1ccc(C)c2c1C(=O)N(c1ccc(I)cn1)C2=O. The van der Waals surface area contributed by atoms with E-state index in [0.717, 1.165) is 19.6 Å². The van der Waals surface area contributed by atoms with E-state index >= 15 is 0 Å². The van der Waals surface area contributed by atoms with Crippen LogP contribution in [0.5, 0.6) is 0 Å². The number of hydrogen-bond acceptors (Lipinski definition) is 3. The van der Waals surface area contributed by atoms with E-state index in [4.69, 9.17) is 0 Å². The van der Waals surface area contributed by atoms with Crippen LogP contribution in [0.25, 0.3) is 0 Å². The topological polar surface area (TPSA) is 50.3 Å². The van der Waals surface area contributed by atoms with E-state index in [-0.39, 0.29) is 11.8 Å². The van der Waals surface area contributed by atoms with Crippen molar-refractivity contribution in [3.05, 3.63) is 56.3 Å². The number of nitrogens with zero attached hydrogens (tertiary/aromatic N) is 2. The van der Waals surface area contributed by atoms with Crippen LogP contribution in [0.1, 0.15) is 31.8 Å². The molecule has 1 aliphatic rings. The summed E-state index contributed by atoms with van der Waals surface area (Å²) in [4.78, 5) is 30.4. The van der Waals surface area contributed by atoms with Gasteiger partial charge in [-0.15, -0.1) is 0 Å². The maximum Gasteiger partial charge on any atom is 0.267 e. The Morgan fingerprint density at radius 1 is 0.950 bits per heavy atom. The lowest BCUT2D eigenvalue weighted by atomic mass is 9.99. The number of halogens is 1. The highest BCUT2D eigenvalue weighted by molar-refractivity contribution is 14.1. The molecule has 1 aromatic carbocycles. The molecule has 20 heavy (non-hydrogen) atoms. The molecule has 0 fully saturated rings. The van der Waals surface area contributed by atoms with Crippen LogP contribution in [-0.2, 0) is 0 Å². The highest BCUT2D eigenvalue weighted by atomic mass is 127. The third-order valence-electron chi connectivity index (χ3n) is 3.40. The summed E-state index contributed by atoms with van der Waals surface area (Å²) < 4.78 is 0.954. The Hall–Kier alpha value is -1.76. The van der Waals surface area contributed by atoms with Gasteiger partial charge in [-0.1, -0.05) is 12.1 Å². The monoisotopic (exact) mass is 378 g/mol. The first-order valence-electron chi connectivity index (χ1n) is 6.11. The lowest BCUT2D eigenvalue weighted by molar-refractivity contribution is 0.0925. The molecule has 0 saturated heterocycles. The maximum absolute atomic E-state index is 12.5. The molecular weight excluding hydrogens is 367 g/mol. The number of amides is 2. The number of aryl methyl sites for hydroxylation is 2. The number of imide groups is 1. The van der Waals surface area contributed by atoms with Gasteiger partial charge in [-0.3, -0.25) is 9.59 Å². The van der Waals surface area contributed by atoms with Crippen molar-refractivity contribution >= 4 is 40.2 Å². The fourth-order valence-corrected chi connectivity index (χ4v) is 2.71. The number of rotatable bonds is 1. The number of hydrogen-bond donors (Lipinski definition) is 0. The van der Waals surface area contributed by atoms with Gasteiger partial charge in [-0.05, 0) is 59.7 Å². The van der Waals surface area contributed by atoms with E-state index in [2.05, 4.69) is 27.6 Å². The number of carbonyl (C=O) groups excluding carboxylic acids is 2. The fraction of sp³-hybridized carbons (Fsp3) is 0.133. The predicted octanol–water partition coefficient (Wildman–Crippen LogP) is 3.10. The average Bonchev–Trinajstić information content (AvgIpc) is 2.69. The van der Waals surface area contributed by atoms with Gasteiger partial charge in [0.1, 0.15) is 5.82 Å². The molecule has 4 nitrogen and oxygen atoms in total. The van der Waals surface area contributed by atoms with Gasteiger partial charge in [0.15, 0.2) is 0 Å². The van der Waals surface area contributed by atoms with Crippen LogP contribution in [0.3, 0.4) is 0 Å². The number of carbonyl (C=O) groups is 2. The molecule has 5 heteroatoms. The van der Waals surface area contributed by atoms with Crippen LogP contribution in [0.2, 0.25) is 0 Å². The zero-order valence-corrected chi connectivity index (χ0v) is 13.1. The summed E-state index contributed by atoms with van der Waals surface area (Å²) >= 11 is 2.13. The van der Waals surface area contributed by atoms with E-state index in [1.165, 1.54) is 0 Å². The minimum atomic E-state index is -0.292. The molecule has 3 rings (SSSR count). The van der Waals surface area contributed by atoms with Gasteiger partial charge in [0.25, 0.3) is 11.8 Å². The van der Waals surface area contributed by atoms with Crippen LogP contribution >= 0.6 is 22.6 Å². The van der Waals surface area contributed by atoms with Crippen LogP contribution in [-0.4, -0.2) is 16.8 Å². The zero-order valence-electron chi connectivity index (χ0n) is 11.0. The molecule has 1 aliphatic heterocycles. The summed E-state index contributed by atoms with van der Waals surface area (Å²) in [5.41, 5.74) is 2.62. The zero-order chi connectivity index (χ0) is 14.4. The Morgan fingerprint density at radius 3 is 1.95 bits per heavy atom. The van der Waals surface area contributed by atoms with Gasteiger partial charge >= 0.3 is 0 Å². The van der Waals surface area contributed by atoms with E-state index in [9.17, 15) is 9.59 Å². The summed E-state index contributed by atoms with van der Waals surface area (Å²) in [5.74, 6) is -0.213. The minimum Gasteiger partial charge on any atom is -0.268 e. The van der Waals surface area contributed by atoms with Gasteiger partial charge in [-0.25, -0.2) is 9.88 Å². The van der Waals surface area contributed by atoms with Crippen LogP contribution in [0.15, 0.2) is 30.5 Å². The highest BCUT2D eigenvalue weighted by Crippen LogP contribution is 2.31. The van der Waals surface area contributed by atoms with Gasteiger partial charge in [-0.2, -0.15) is 0 Å². The summed E-state index contributed by atoms with van der Waals surface area (Å²) in [7, 11) is 0. The van der Waals surface area contributed by atoms with E-state index < -0.39 is 0 Å². The normalized spacial score (nSPS) is 13.8. The molecule has 0 radical (unpaired) electrons. The Balaban J connectivity index is 2.17. The molecule has 0 N–H and O–H groups in total. The van der Waals surface area contributed by atoms with Crippen molar-refractivity contribution in [3.63, 3.8) is 0 Å². The smallest absolute Gasteiger partial charge is 0.267 e. The molecule has 0 aliphatic carbocycles. The van der Waals surface area contributed by atoms with E-state index in [1.54, 1.807) is 12.3 Å². The highest BCUT2D eigenvalue weighted by Gasteiger charge is 2.39. The molecule has 2 heterocycles. The quantitative estimate of drug-likeness (QED) is 0.566. The summed E-state index contributed by atoms with van der Waals surface area (Å²) in [5, 5.41) is 0. The van der Waals surface area contributed by atoms with Crippen molar-refractivity contribution in [1.29, 1.82) is 0 Å². The maximum atomic E-state index is 12.5. The molecule has 0 unspecified atom stereocenters. The molecule has 100 valence electrons. The van der Waals surface area contributed by atoms with Crippen molar-refractivity contribution in [2.24, 2.45) is 0 Å². The van der Waals surface area contributed by atoms with Crippen LogP contribution in [0, 0.1) is 17.4 Å². The molecule has 2 aromatic rings. The van der Waals surface area contributed by atoms with Crippen molar-refractivity contribution < 1.29 is 9.59 Å². The fourth-order valence-electron chi connectivity index (χ4n) is 2.39. The van der Waals surface area contributed by atoms with Crippen molar-refractivity contribution in [2.45, 2.75) is 13.8 Å². The third-order valence-corrected chi connectivity index (χ3v) is 4.03. The lowest BCUT2D eigenvalue weighted by Crippen LogP contribution is -2.30. The second kappa shape index (κ2) is 4.66. The number of anilines is 1. The Morgan fingerprint density at radius 2 is 1.50 bits per heavy atom. The van der Waals surface area contributed by atoms with Gasteiger partial charge in [0.05, 0.1) is 11.1 Å². The largest absolute Gasteiger partial charge is 0.268 e. The van der Waals surface area contributed by atoms with E-state index in [0.29, 0.717) is 16.9 Å². The number of aromatic nitrogens is 1. The summed E-state index contributed by atoms with van der Waals surface area (Å²) in [6.07, 6.45) is 1.64. The summed E-state index contributed by atoms with van der Waals surface area (Å²) in [6.45, 7) is 3.68. The standard InChI is InChI=1S/C15H11IN2O2/c1-8-3-4-9(2)13-12(8)14(19)18(15(13)20)11-6-5-10(16)7-17-11/h3-7H,1-2H3. The molecule has 1 aromatic heterocycles. The Labute approximate surface area is 130 Å². The number of fused-ring (bicyclic) bond motifs is 1. The molecule has 0 atom stereocenters. The minimum absolute atomic E-state index is 0.292. The second-order valence-corrected chi connectivity index (χ2v) is 5.98. The van der Waals surface area contributed by atoms with E-state index in [1.807, 2.05) is 32.0 Å². The molecule has 2 amide bonds. The average molecular weight is 378 g/mol. The second-order valence-electron chi connectivity index (χ2n) is 4.73. The first-order valence-corrected chi connectivity index (χ1v) is 7.19. The Bertz CT molecular complexity index is 697. The molecular formula is C15H11IN2O2. The molecule has 0 saturated carbocycles. The first kappa shape index (κ1) is 13.2. The molecule has 0 bridgehead atoms. The Kier molecular flexibility index (Phi) is 3.08. The first-order chi connectivity index (χ1) is 9.50. The third kappa shape index (κ3) is 1.84. The van der Waals surface area contributed by atoms with Crippen molar-refractivity contribution in [2.75, 3.05) is 4.90 Å². The van der Waals surface area contributed by atoms with Crippen LogP contribution < -0.4 is 4.90 Å². The summed E-state index contributed by atoms with van der Waals surface area (Å²) in [6, 6.07) is 7.24. The number of benzene rings is 1. The van der Waals surface area contributed by atoms with Gasteiger partial charge in [0, 0.05) is 9.77 Å². The van der Waals surface area contributed by atoms with Crippen LogP contribution in [0.4, 0.5) is 5.82 Å². The van der Waals surface area contributed by atoms with Gasteiger partial charge < -0.3 is 0 Å². The molecule has 0 spiro atoms. The van der Waals surface area contributed by atoms with Crippen molar-refractivity contribution in [1.82, 2.24) is 4.98 Å². The number of pyridine rings is 1. The van der Waals surface area contributed by atoms with Crippen molar-refractivity contribution in [3.8, 4) is 0 Å². The van der Waals surface area contributed by atoms with Gasteiger partial charge in [0.2, 0.25) is 0 Å². The lowest BCUT2D eigenvalue weighted by Gasteiger charge is -2.12.